The molecule has 218 valence electrons. The highest BCUT2D eigenvalue weighted by Gasteiger charge is 2.29. The topological polar surface area (TPSA) is 201 Å². The maximum absolute atomic E-state index is 13.3. The van der Waals surface area contributed by atoms with E-state index in [1.165, 1.54) is 32.2 Å². The van der Waals surface area contributed by atoms with Gasteiger partial charge in [-0.15, -0.1) is 0 Å². The van der Waals surface area contributed by atoms with Crippen molar-refractivity contribution < 1.29 is 38.2 Å². The lowest BCUT2D eigenvalue weighted by Crippen LogP contribution is -2.44. The van der Waals surface area contributed by atoms with Gasteiger partial charge in [0.2, 0.25) is 11.8 Å². The number of carbonyl (C=O) groups excluding carboxylic acids is 5. The number of ether oxygens (including phenoxy) is 3. The number of esters is 1. The number of primary amides is 1. The molecule has 4 amide bonds. The molecule has 0 aliphatic heterocycles. The zero-order valence-corrected chi connectivity index (χ0v) is 23.0. The summed E-state index contributed by atoms with van der Waals surface area (Å²) < 4.78 is 15.8. The lowest BCUT2D eigenvalue weighted by Gasteiger charge is -2.23. The Kier molecular flexibility index (Phi) is 15.2. The summed E-state index contributed by atoms with van der Waals surface area (Å²) in [5, 5.41) is 7.88. The molecular formula is C26H41N5O8. The van der Waals surface area contributed by atoms with Crippen molar-refractivity contribution in [3.8, 4) is 5.75 Å². The van der Waals surface area contributed by atoms with Crippen LogP contribution in [0.3, 0.4) is 0 Å². The summed E-state index contributed by atoms with van der Waals surface area (Å²) >= 11 is 0. The first-order valence-corrected chi connectivity index (χ1v) is 12.8. The highest BCUT2D eigenvalue weighted by Crippen LogP contribution is 2.26. The Balaban J connectivity index is 3.09. The third-order valence-electron chi connectivity index (χ3n) is 5.62. The first-order valence-electron chi connectivity index (χ1n) is 12.8. The van der Waals surface area contributed by atoms with Gasteiger partial charge in [0.25, 0.3) is 0 Å². The van der Waals surface area contributed by atoms with Crippen molar-refractivity contribution in [3.05, 3.63) is 23.8 Å². The molecule has 1 rings (SSSR count). The zero-order valence-electron chi connectivity index (χ0n) is 23.0. The normalized spacial score (nSPS) is 12.3. The first-order chi connectivity index (χ1) is 18.5. The predicted octanol–water partition coefficient (Wildman–Crippen LogP) is 0.950. The minimum absolute atomic E-state index is 0.130. The molecular weight excluding hydrogens is 510 g/mol. The Bertz CT molecular complexity index is 985. The van der Waals surface area contributed by atoms with E-state index in [1.807, 2.05) is 0 Å². The van der Waals surface area contributed by atoms with Crippen LogP contribution in [0.5, 0.6) is 5.75 Å². The highest BCUT2D eigenvalue weighted by atomic mass is 16.5. The Hall–Kier alpha value is -3.71. The first kappa shape index (κ1) is 33.3. The standard InChI is InChI=1S/C26H41N5O8/c1-16(2)23(30-17(3)32)21(33)14-18(6-5-10-29-26(28)36)24(34)31-19-7-8-20(25(35)37-4)22(15-19)39-13-12-38-11-9-27/h7-8,15-16,18,23H,5-6,9-14,27H2,1-4H3,(H,30,32)(H,31,34)(H3,28,29,36)/t18-,23+/m1/s1. The third-order valence-corrected chi connectivity index (χ3v) is 5.62. The number of hydrogen-bond acceptors (Lipinski definition) is 9. The maximum Gasteiger partial charge on any atom is 0.341 e. The molecule has 13 nitrogen and oxygen atoms in total. The second-order valence-electron chi connectivity index (χ2n) is 9.16. The summed E-state index contributed by atoms with van der Waals surface area (Å²) in [6.45, 7) is 6.24. The minimum Gasteiger partial charge on any atom is -0.490 e. The molecule has 0 saturated heterocycles. The molecule has 0 saturated carbocycles. The maximum atomic E-state index is 13.3. The number of nitrogens with one attached hydrogen (secondary N) is 3. The van der Waals surface area contributed by atoms with E-state index < -0.39 is 29.9 Å². The van der Waals surface area contributed by atoms with Gasteiger partial charge < -0.3 is 41.6 Å². The van der Waals surface area contributed by atoms with E-state index >= 15 is 0 Å². The van der Waals surface area contributed by atoms with Gasteiger partial charge in [-0.25, -0.2) is 9.59 Å². The van der Waals surface area contributed by atoms with Crippen molar-refractivity contribution in [2.75, 3.05) is 45.3 Å². The van der Waals surface area contributed by atoms with Gasteiger partial charge in [-0.2, -0.15) is 0 Å². The Morgan fingerprint density at radius 3 is 2.36 bits per heavy atom. The SMILES string of the molecule is COC(=O)c1ccc(NC(=O)[C@H](CCCNC(N)=O)CC(=O)[C@@H](NC(C)=O)C(C)C)cc1OCCOCCN. The monoisotopic (exact) mass is 551 g/mol. The van der Waals surface area contributed by atoms with Crippen LogP contribution in [0.2, 0.25) is 0 Å². The third kappa shape index (κ3) is 12.6. The second kappa shape index (κ2) is 17.7. The van der Waals surface area contributed by atoms with Gasteiger partial charge in [0, 0.05) is 44.1 Å². The summed E-state index contributed by atoms with van der Waals surface area (Å²) in [6.07, 6.45) is 0.525. The Morgan fingerprint density at radius 1 is 1.05 bits per heavy atom. The second-order valence-corrected chi connectivity index (χ2v) is 9.16. The molecule has 0 aliphatic carbocycles. The predicted molar refractivity (Wildman–Crippen MR) is 144 cm³/mol. The number of amides is 4. The van der Waals surface area contributed by atoms with Crippen molar-refractivity contribution in [2.24, 2.45) is 23.3 Å². The van der Waals surface area contributed by atoms with Crippen molar-refractivity contribution in [1.29, 1.82) is 0 Å². The van der Waals surface area contributed by atoms with Gasteiger partial charge in [-0.3, -0.25) is 14.4 Å². The van der Waals surface area contributed by atoms with Crippen molar-refractivity contribution in [1.82, 2.24) is 10.6 Å². The van der Waals surface area contributed by atoms with Crippen LogP contribution in [0.25, 0.3) is 0 Å². The summed E-state index contributed by atoms with van der Waals surface area (Å²) in [6, 6.07) is 3.02. The van der Waals surface area contributed by atoms with E-state index in [0.29, 0.717) is 25.3 Å². The molecule has 0 spiro atoms. The lowest BCUT2D eigenvalue weighted by atomic mass is 9.89. The molecule has 0 unspecified atom stereocenters. The number of methoxy groups -OCH3 is 1. The Labute approximate surface area is 228 Å². The molecule has 1 aromatic rings. The van der Waals surface area contributed by atoms with E-state index in [2.05, 4.69) is 16.0 Å². The van der Waals surface area contributed by atoms with Crippen LogP contribution in [0, 0.1) is 11.8 Å². The van der Waals surface area contributed by atoms with Gasteiger partial charge in [-0.1, -0.05) is 13.8 Å². The Morgan fingerprint density at radius 2 is 1.77 bits per heavy atom. The zero-order chi connectivity index (χ0) is 29.4. The number of benzene rings is 1. The van der Waals surface area contributed by atoms with Gasteiger partial charge in [-0.05, 0) is 30.9 Å². The van der Waals surface area contributed by atoms with Crippen LogP contribution in [0.1, 0.15) is 50.4 Å². The summed E-state index contributed by atoms with van der Waals surface area (Å²) in [5.41, 5.74) is 11.0. The van der Waals surface area contributed by atoms with Gasteiger partial charge in [0.1, 0.15) is 17.9 Å². The number of nitrogens with two attached hydrogens (primary N) is 2. The number of ketones is 1. The minimum atomic E-state index is -0.767. The van der Waals surface area contributed by atoms with E-state index in [-0.39, 0.29) is 61.5 Å². The molecule has 0 fully saturated rings. The number of urea groups is 1. The van der Waals surface area contributed by atoms with Crippen LogP contribution in [0.15, 0.2) is 18.2 Å². The molecule has 13 heteroatoms. The number of hydrogen-bond donors (Lipinski definition) is 5. The van der Waals surface area contributed by atoms with Crippen LogP contribution in [-0.4, -0.2) is 75.7 Å². The van der Waals surface area contributed by atoms with Crippen molar-refractivity contribution in [2.45, 2.75) is 46.1 Å². The van der Waals surface area contributed by atoms with E-state index in [1.54, 1.807) is 13.8 Å². The van der Waals surface area contributed by atoms with E-state index in [9.17, 15) is 24.0 Å². The quantitative estimate of drug-likeness (QED) is 0.130. The lowest BCUT2D eigenvalue weighted by molar-refractivity contribution is -0.130. The number of Topliss-reactive ketones (excluding diaryl/α,β-unsaturated/α-hetero) is 1. The number of anilines is 1. The van der Waals surface area contributed by atoms with Crippen LogP contribution < -0.4 is 32.2 Å². The van der Waals surface area contributed by atoms with E-state index in [4.69, 9.17) is 25.7 Å². The molecule has 7 N–H and O–H groups in total. The molecule has 0 heterocycles. The van der Waals surface area contributed by atoms with E-state index in [0.717, 1.165) is 0 Å². The average Bonchev–Trinajstić information content (AvgIpc) is 2.88. The number of rotatable bonds is 18. The fourth-order valence-electron chi connectivity index (χ4n) is 3.73. The smallest absolute Gasteiger partial charge is 0.341 e. The summed E-state index contributed by atoms with van der Waals surface area (Å²) in [5.74, 6) is -2.46. The highest BCUT2D eigenvalue weighted by molar-refractivity contribution is 5.98. The summed E-state index contributed by atoms with van der Waals surface area (Å²) in [4.78, 5) is 61.1. The molecule has 0 aliphatic rings. The largest absolute Gasteiger partial charge is 0.490 e. The fraction of sp³-hybridized carbons (Fsp3) is 0.577. The molecule has 2 atom stereocenters. The molecule has 1 aromatic carbocycles. The summed E-state index contributed by atoms with van der Waals surface area (Å²) in [7, 11) is 1.24. The van der Waals surface area contributed by atoms with Crippen LogP contribution in [0.4, 0.5) is 10.5 Å². The molecule has 39 heavy (non-hydrogen) atoms. The van der Waals surface area contributed by atoms with Crippen molar-refractivity contribution >= 4 is 35.3 Å². The van der Waals surface area contributed by atoms with Crippen molar-refractivity contribution in [3.63, 3.8) is 0 Å². The molecule has 0 bridgehead atoms. The molecule has 0 radical (unpaired) electrons. The fourth-order valence-corrected chi connectivity index (χ4v) is 3.73. The molecule has 0 aromatic heterocycles. The van der Waals surface area contributed by atoms with Gasteiger partial charge >= 0.3 is 12.0 Å². The van der Waals surface area contributed by atoms with Gasteiger partial charge in [0.15, 0.2) is 5.78 Å². The van der Waals surface area contributed by atoms with Crippen LogP contribution in [-0.2, 0) is 23.9 Å². The number of carbonyl (C=O) groups is 5. The average molecular weight is 552 g/mol. The van der Waals surface area contributed by atoms with Crippen LogP contribution >= 0.6 is 0 Å². The van der Waals surface area contributed by atoms with Gasteiger partial charge in [0.05, 0.1) is 26.4 Å².